The van der Waals surface area contributed by atoms with Crippen LogP contribution >= 0.6 is 0 Å². The third-order valence-electron chi connectivity index (χ3n) is 1.79. The molecule has 1 aliphatic heterocycles. The van der Waals surface area contributed by atoms with Gasteiger partial charge in [-0.05, 0) is 6.92 Å². The summed E-state index contributed by atoms with van der Waals surface area (Å²) in [7, 11) is 0. The topological polar surface area (TPSA) is 69.3 Å². The van der Waals surface area contributed by atoms with Crippen LogP contribution in [0.3, 0.4) is 0 Å². The predicted molar refractivity (Wildman–Crippen MR) is 40.7 cm³/mol. The first kappa shape index (κ1) is 7.91. The van der Waals surface area contributed by atoms with Gasteiger partial charge in [0.2, 0.25) is 5.88 Å². The summed E-state index contributed by atoms with van der Waals surface area (Å²) < 4.78 is 5.11. The van der Waals surface area contributed by atoms with E-state index in [1.54, 1.807) is 6.92 Å². The number of allylic oxidation sites excluding steroid dienone is 1. The molecule has 4 heteroatoms. The lowest BCUT2D eigenvalue weighted by Gasteiger charge is -2.21. The van der Waals surface area contributed by atoms with E-state index in [0.717, 1.165) is 0 Å². The molecule has 0 aromatic heterocycles. The van der Waals surface area contributed by atoms with E-state index in [1.165, 1.54) is 0 Å². The second-order valence-corrected chi connectivity index (χ2v) is 2.67. The van der Waals surface area contributed by atoms with E-state index in [0.29, 0.717) is 17.9 Å². The van der Waals surface area contributed by atoms with Crippen molar-refractivity contribution in [2.24, 2.45) is 11.0 Å². The number of nitrogens with one attached hydrogen (secondary N) is 2. The third kappa shape index (κ3) is 1.29. The highest BCUT2D eigenvalue weighted by Gasteiger charge is 2.21. The minimum atomic E-state index is 0.125. The molecule has 11 heavy (non-hydrogen) atoms. The zero-order valence-corrected chi connectivity index (χ0v) is 6.64. The molecule has 1 aliphatic rings. The lowest BCUT2D eigenvalue weighted by atomic mass is 9.99. The molecule has 2 N–H and O–H groups in total. The standard InChI is InChI=1S/C7H11N3O/c1-4-3-11-7(10-9)5(2)6(4)8/h4,8-9H,3H2,1-2H3. The van der Waals surface area contributed by atoms with Crippen molar-refractivity contribution in [1.82, 2.24) is 0 Å². The Morgan fingerprint density at radius 2 is 2.27 bits per heavy atom. The molecule has 1 heterocycles. The van der Waals surface area contributed by atoms with Crippen LogP contribution in [0, 0.1) is 16.9 Å². The molecule has 0 saturated heterocycles. The van der Waals surface area contributed by atoms with E-state index < -0.39 is 0 Å². The van der Waals surface area contributed by atoms with Gasteiger partial charge in [-0.25, -0.2) is 5.53 Å². The zero-order valence-electron chi connectivity index (χ0n) is 6.64. The molecule has 1 atom stereocenters. The minimum absolute atomic E-state index is 0.125. The molecule has 60 valence electrons. The summed E-state index contributed by atoms with van der Waals surface area (Å²) in [4.78, 5) is 0. The van der Waals surface area contributed by atoms with Gasteiger partial charge in [0.05, 0.1) is 6.61 Å². The highest BCUT2D eigenvalue weighted by atomic mass is 16.5. The molecule has 4 nitrogen and oxygen atoms in total. The molecule has 1 unspecified atom stereocenters. The Labute approximate surface area is 65.3 Å². The number of hydrogen-bond acceptors (Lipinski definition) is 4. The normalized spacial score (nSPS) is 24.9. The van der Waals surface area contributed by atoms with Crippen LogP contribution in [0.5, 0.6) is 0 Å². The molecule has 0 radical (unpaired) electrons. The van der Waals surface area contributed by atoms with Crippen molar-refractivity contribution in [1.29, 1.82) is 10.9 Å². The lowest BCUT2D eigenvalue weighted by Crippen LogP contribution is -2.23. The number of hydrogen-bond donors (Lipinski definition) is 2. The van der Waals surface area contributed by atoms with Gasteiger partial charge in [-0.2, -0.15) is 0 Å². The monoisotopic (exact) mass is 153 g/mol. The molecule has 0 fully saturated rings. The average molecular weight is 153 g/mol. The van der Waals surface area contributed by atoms with E-state index >= 15 is 0 Å². The summed E-state index contributed by atoms with van der Waals surface area (Å²) >= 11 is 0. The number of rotatable bonds is 1. The molecule has 0 bridgehead atoms. The first-order valence-electron chi connectivity index (χ1n) is 3.46. The third-order valence-corrected chi connectivity index (χ3v) is 1.79. The summed E-state index contributed by atoms with van der Waals surface area (Å²) in [6, 6.07) is 0. The Bertz CT molecular complexity index is 232. The van der Waals surface area contributed by atoms with Crippen molar-refractivity contribution < 1.29 is 4.74 Å². The van der Waals surface area contributed by atoms with Gasteiger partial charge < -0.3 is 10.1 Å². The molecule has 1 rings (SSSR count). The molecule has 0 aromatic carbocycles. The molecular formula is C7H11N3O. The molecule has 0 aromatic rings. The maximum Gasteiger partial charge on any atom is 0.237 e. The summed E-state index contributed by atoms with van der Waals surface area (Å²) in [6.07, 6.45) is 0. The fourth-order valence-electron chi connectivity index (χ4n) is 0.996. The van der Waals surface area contributed by atoms with Crippen molar-refractivity contribution in [3.05, 3.63) is 11.5 Å². The highest BCUT2D eigenvalue weighted by molar-refractivity contribution is 5.99. The van der Waals surface area contributed by atoms with Gasteiger partial charge in [0.1, 0.15) is 0 Å². The van der Waals surface area contributed by atoms with Crippen molar-refractivity contribution >= 4 is 5.71 Å². The average Bonchev–Trinajstić information content (AvgIpc) is 2.01. The summed E-state index contributed by atoms with van der Waals surface area (Å²) in [5.41, 5.74) is 7.94. The van der Waals surface area contributed by atoms with Gasteiger partial charge in [-0.15, -0.1) is 5.11 Å². The van der Waals surface area contributed by atoms with E-state index in [4.69, 9.17) is 15.7 Å². The van der Waals surface area contributed by atoms with Crippen LogP contribution in [0.15, 0.2) is 16.6 Å². The maximum atomic E-state index is 7.55. The van der Waals surface area contributed by atoms with Crippen molar-refractivity contribution in [2.45, 2.75) is 13.8 Å². The first-order valence-corrected chi connectivity index (χ1v) is 3.46. The van der Waals surface area contributed by atoms with Gasteiger partial charge in [-0.1, -0.05) is 6.92 Å². The highest BCUT2D eigenvalue weighted by Crippen LogP contribution is 2.20. The Morgan fingerprint density at radius 1 is 1.64 bits per heavy atom. The second kappa shape index (κ2) is 2.82. The Morgan fingerprint density at radius 3 is 2.82 bits per heavy atom. The summed E-state index contributed by atoms with van der Waals surface area (Å²) in [5, 5.41) is 10.7. The summed E-state index contributed by atoms with van der Waals surface area (Å²) in [5.74, 6) is 0.411. The van der Waals surface area contributed by atoms with Crippen molar-refractivity contribution in [3.63, 3.8) is 0 Å². The van der Waals surface area contributed by atoms with E-state index in [-0.39, 0.29) is 11.8 Å². The Hall–Kier alpha value is -1.19. The van der Waals surface area contributed by atoms with Crippen molar-refractivity contribution in [2.75, 3.05) is 6.61 Å². The minimum Gasteiger partial charge on any atom is -0.476 e. The van der Waals surface area contributed by atoms with E-state index in [2.05, 4.69) is 5.11 Å². The molecular weight excluding hydrogens is 142 g/mol. The van der Waals surface area contributed by atoms with E-state index in [1.807, 2.05) is 6.92 Å². The largest absolute Gasteiger partial charge is 0.476 e. The Balaban J connectivity index is 2.95. The maximum absolute atomic E-state index is 7.55. The molecule has 0 saturated carbocycles. The van der Waals surface area contributed by atoms with Crippen molar-refractivity contribution in [3.8, 4) is 0 Å². The summed E-state index contributed by atoms with van der Waals surface area (Å²) in [6.45, 7) is 4.14. The quantitative estimate of drug-likeness (QED) is 0.555. The molecule has 0 spiro atoms. The predicted octanol–water partition coefficient (Wildman–Crippen LogP) is 1.93. The Kier molecular flexibility index (Phi) is 2.03. The van der Waals surface area contributed by atoms with Gasteiger partial charge in [-0.3, -0.25) is 0 Å². The van der Waals surface area contributed by atoms with Crippen LogP contribution in [0.4, 0.5) is 0 Å². The molecule has 0 aliphatic carbocycles. The van der Waals surface area contributed by atoms with Gasteiger partial charge in [0, 0.05) is 17.2 Å². The van der Waals surface area contributed by atoms with Crippen LogP contribution in [0.1, 0.15) is 13.8 Å². The number of ether oxygens (including phenoxy) is 1. The zero-order chi connectivity index (χ0) is 8.43. The fraction of sp³-hybridized carbons (Fsp3) is 0.571. The SMILES string of the molecule is CC1=C(N=N)OCC(C)C1=N. The van der Waals surface area contributed by atoms with Crippen LogP contribution in [-0.2, 0) is 4.74 Å². The van der Waals surface area contributed by atoms with Gasteiger partial charge in [0.15, 0.2) is 0 Å². The lowest BCUT2D eigenvalue weighted by molar-refractivity contribution is 0.177. The van der Waals surface area contributed by atoms with Gasteiger partial charge in [0.25, 0.3) is 0 Å². The fourth-order valence-corrected chi connectivity index (χ4v) is 0.996. The first-order chi connectivity index (χ1) is 5.16. The van der Waals surface area contributed by atoms with Crippen LogP contribution < -0.4 is 0 Å². The number of nitrogens with zero attached hydrogens (tertiary/aromatic N) is 1. The second-order valence-electron chi connectivity index (χ2n) is 2.67. The van der Waals surface area contributed by atoms with Crippen LogP contribution in [0.2, 0.25) is 0 Å². The van der Waals surface area contributed by atoms with Gasteiger partial charge >= 0.3 is 0 Å². The van der Waals surface area contributed by atoms with Crippen LogP contribution in [-0.4, -0.2) is 12.3 Å². The van der Waals surface area contributed by atoms with Crippen LogP contribution in [0.25, 0.3) is 0 Å². The molecule has 0 amide bonds. The van der Waals surface area contributed by atoms with E-state index in [9.17, 15) is 0 Å². The smallest absolute Gasteiger partial charge is 0.237 e.